The van der Waals surface area contributed by atoms with E-state index < -0.39 is 20.0 Å². The first-order valence-electron chi connectivity index (χ1n) is 12.0. The van der Waals surface area contributed by atoms with Crippen LogP contribution in [0.25, 0.3) is 0 Å². The fourth-order valence-electron chi connectivity index (χ4n) is 4.70. The average molecular weight is 523 g/mol. The van der Waals surface area contributed by atoms with Crippen LogP contribution in [0.3, 0.4) is 0 Å². The third-order valence-corrected chi connectivity index (χ3v) is 10.6. The van der Waals surface area contributed by atoms with Gasteiger partial charge in [0.2, 0.25) is 20.0 Å². The monoisotopic (exact) mass is 522 g/mol. The zero-order chi connectivity index (χ0) is 25.1. The van der Waals surface area contributed by atoms with Gasteiger partial charge in [-0.25, -0.2) is 16.8 Å². The molecule has 4 rings (SSSR count). The molecule has 2 aliphatic rings. The van der Waals surface area contributed by atoms with Gasteiger partial charge in [0.15, 0.2) is 0 Å². The van der Waals surface area contributed by atoms with E-state index >= 15 is 0 Å². The van der Waals surface area contributed by atoms with Crippen molar-refractivity contribution in [3.63, 3.8) is 0 Å². The fourth-order valence-corrected chi connectivity index (χ4v) is 8.06. The van der Waals surface area contributed by atoms with E-state index in [0.29, 0.717) is 22.9 Å². The van der Waals surface area contributed by atoms with Gasteiger partial charge >= 0.3 is 0 Å². The van der Waals surface area contributed by atoms with Crippen molar-refractivity contribution < 1.29 is 26.3 Å². The molecule has 0 amide bonds. The van der Waals surface area contributed by atoms with Gasteiger partial charge in [0.1, 0.15) is 6.79 Å². The highest BCUT2D eigenvalue weighted by Gasteiger charge is 2.36. The number of rotatable bonds is 10. The molecule has 2 aromatic rings. The molecular weight excluding hydrogens is 488 g/mol. The van der Waals surface area contributed by atoms with Crippen LogP contribution in [0.5, 0.6) is 0 Å². The first-order chi connectivity index (χ1) is 16.7. The number of sulfonamides is 2. The Morgan fingerprint density at radius 3 is 1.43 bits per heavy atom. The molecule has 192 valence electrons. The maximum atomic E-state index is 13.1. The van der Waals surface area contributed by atoms with Crippen LogP contribution in [0, 0.1) is 13.8 Å². The third kappa shape index (κ3) is 5.95. The van der Waals surface area contributed by atoms with Gasteiger partial charge in [0, 0.05) is 25.2 Å². The standard InChI is InChI=1S/C25H34N2O6S2/c1-20-7-11-24(12-8-20)34(28,29)26-15-3-5-22(26)17-32-19-33-18-23-6-4-16-27(23)35(30,31)25-13-9-21(2)10-14-25/h7-14,22-23H,3-6,15-19H2,1-2H3/t22-,23-/m1/s1. The molecule has 2 aliphatic heterocycles. The second-order valence-corrected chi connectivity index (χ2v) is 13.1. The van der Waals surface area contributed by atoms with E-state index in [1.807, 2.05) is 13.8 Å². The van der Waals surface area contributed by atoms with Gasteiger partial charge in [0.05, 0.1) is 23.0 Å². The van der Waals surface area contributed by atoms with E-state index in [0.717, 1.165) is 36.8 Å². The maximum Gasteiger partial charge on any atom is 0.243 e. The summed E-state index contributed by atoms with van der Waals surface area (Å²) in [6.07, 6.45) is 3.04. The Balaban J connectivity index is 1.27. The largest absolute Gasteiger partial charge is 0.354 e. The quantitative estimate of drug-likeness (QED) is 0.351. The van der Waals surface area contributed by atoms with Crippen LogP contribution in [-0.2, 0) is 29.5 Å². The summed E-state index contributed by atoms with van der Waals surface area (Å²) < 4.78 is 66.6. The van der Waals surface area contributed by atoms with Crippen molar-refractivity contribution in [3.8, 4) is 0 Å². The third-order valence-electron chi connectivity index (χ3n) is 6.69. The van der Waals surface area contributed by atoms with Crippen LogP contribution < -0.4 is 0 Å². The SMILES string of the molecule is Cc1ccc(S(=O)(=O)N2CCC[C@@H]2COCOC[C@H]2CCCN2S(=O)(=O)c2ccc(C)cc2)cc1. The van der Waals surface area contributed by atoms with E-state index in [1.54, 1.807) is 48.5 Å². The number of ether oxygens (including phenoxy) is 2. The molecule has 2 heterocycles. The second-order valence-electron chi connectivity index (χ2n) is 9.31. The van der Waals surface area contributed by atoms with Gasteiger partial charge in [-0.15, -0.1) is 0 Å². The highest BCUT2D eigenvalue weighted by atomic mass is 32.2. The Morgan fingerprint density at radius 2 is 1.06 bits per heavy atom. The molecule has 0 aromatic heterocycles. The minimum absolute atomic E-state index is 0.0101. The zero-order valence-electron chi connectivity index (χ0n) is 20.3. The Kier molecular flexibility index (Phi) is 8.30. The van der Waals surface area contributed by atoms with Crippen LogP contribution in [0.4, 0.5) is 0 Å². The maximum absolute atomic E-state index is 13.1. The molecule has 8 nitrogen and oxygen atoms in total. The molecule has 0 saturated carbocycles. The lowest BCUT2D eigenvalue weighted by Crippen LogP contribution is -2.39. The smallest absolute Gasteiger partial charge is 0.243 e. The number of benzene rings is 2. The predicted molar refractivity (Wildman–Crippen MR) is 133 cm³/mol. The van der Waals surface area contributed by atoms with Crippen molar-refractivity contribution in [2.24, 2.45) is 0 Å². The molecule has 2 atom stereocenters. The van der Waals surface area contributed by atoms with E-state index in [-0.39, 0.29) is 32.1 Å². The van der Waals surface area contributed by atoms with Crippen LogP contribution in [0.2, 0.25) is 0 Å². The molecule has 0 spiro atoms. The summed E-state index contributed by atoms with van der Waals surface area (Å²) in [5.41, 5.74) is 2.02. The van der Waals surface area contributed by atoms with Gasteiger partial charge in [-0.05, 0) is 63.8 Å². The summed E-state index contributed by atoms with van der Waals surface area (Å²) in [4.78, 5) is 0.588. The Bertz CT molecular complexity index is 1100. The van der Waals surface area contributed by atoms with Crippen molar-refractivity contribution >= 4 is 20.0 Å². The Morgan fingerprint density at radius 1 is 0.686 bits per heavy atom. The number of hydrogen-bond acceptors (Lipinski definition) is 6. The summed E-state index contributed by atoms with van der Waals surface area (Å²) in [5, 5.41) is 0. The lowest BCUT2D eigenvalue weighted by atomic mass is 10.2. The molecular formula is C25H34N2O6S2. The molecule has 2 aromatic carbocycles. The van der Waals surface area contributed by atoms with E-state index in [1.165, 1.54) is 8.61 Å². The van der Waals surface area contributed by atoms with E-state index in [9.17, 15) is 16.8 Å². The first-order valence-corrected chi connectivity index (χ1v) is 14.9. The predicted octanol–water partition coefficient (Wildman–Crippen LogP) is 3.30. The summed E-state index contributed by atoms with van der Waals surface area (Å²) in [6.45, 7) is 5.25. The van der Waals surface area contributed by atoms with Gasteiger partial charge in [-0.1, -0.05) is 35.4 Å². The van der Waals surface area contributed by atoms with Crippen molar-refractivity contribution in [1.29, 1.82) is 0 Å². The average Bonchev–Trinajstić information content (AvgIpc) is 3.50. The molecule has 0 aliphatic carbocycles. The van der Waals surface area contributed by atoms with Crippen LogP contribution in [0.1, 0.15) is 36.8 Å². The lowest BCUT2D eigenvalue weighted by molar-refractivity contribution is -0.0707. The van der Waals surface area contributed by atoms with Crippen molar-refractivity contribution in [2.75, 3.05) is 33.1 Å². The fraction of sp³-hybridized carbons (Fsp3) is 0.520. The Hall–Kier alpha value is -1.82. The molecule has 0 radical (unpaired) electrons. The molecule has 0 unspecified atom stereocenters. The number of aryl methyl sites for hydroxylation is 2. The van der Waals surface area contributed by atoms with E-state index in [4.69, 9.17) is 9.47 Å². The zero-order valence-corrected chi connectivity index (χ0v) is 21.9. The first kappa shape index (κ1) is 26.2. The highest BCUT2D eigenvalue weighted by molar-refractivity contribution is 7.89. The molecule has 0 N–H and O–H groups in total. The Labute approximate surface area is 208 Å². The van der Waals surface area contributed by atoms with Crippen molar-refractivity contribution in [2.45, 2.75) is 61.4 Å². The minimum Gasteiger partial charge on any atom is -0.354 e. The van der Waals surface area contributed by atoms with Crippen LogP contribution in [-0.4, -0.2) is 70.6 Å². The minimum atomic E-state index is -3.57. The molecule has 0 bridgehead atoms. The topological polar surface area (TPSA) is 93.2 Å². The molecule has 10 heteroatoms. The summed E-state index contributed by atoms with van der Waals surface area (Å²) in [5.74, 6) is 0. The van der Waals surface area contributed by atoms with Crippen molar-refractivity contribution in [3.05, 3.63) is 59.7 Å². The molecule has 2 fully saturated rings. The normalized spacial score (nSPS) is 22.1. The summed E-state index contributed by atoms with van der Waals surface area (Å²) in [7, 11) is -7.15. The lowest BCUT2D eigenvalue weighted by Gasteiger charge is -2.25. The molecule has 35 heavy (non-hydrogen) atoms. The van der Waals surface area contributed by atoms with Crippen molar-refractivity contribution in [1.82, 2.24) is 8.61 Å². The van der Waals surface area contributed by atoms with Gasteiger partial charge in [-0.3, -0.25) is 0 Å². The molecule has 2 saturated heterocycles. The summed E-state index contributed by atoms with van der Waals surface area (Å²) in [6, 6.07) is 13.3. The summed E-state index contributed by atoms with van der Waals surface area (Å²) >= 11 is 0. The van der Waals surface area contributed by atoms with Crippen LogP contribution >= 0.6 is 0 Å². The second kappa shape index (κ2) is 11.1. The van der Waals surface area contributed by atoms with Gasteiger partial charge in [0.25, 0.3) is 0 Å². The van der Waals surface area contributed by atoms with E-state index in [2.05, 4.69) is 0 Å². The van der Waals surface area contributed by atoms with Crippen LogP contribution in [0.15, 0.2) is 58.3 Å². The number of nitrogens with zero attached hydrogens (tertiary/aromatic N) is 2. The van der Waals surface area contributed by atoms with Gasteiger partial charge in [-0.2, -0.15) is 8.61 Å². The number of hydrogen-bond donors (Lipinski definition) is 0. The highest BCUT2D eigenvalue weighted by Crippen LogP contribution is 2.28. The van der Waals surface area contributed by atoms with Gasteiger partial charge < -0.3 is 9.47 Å².